The van der Waals surface area contributed by atoms with Gasteiger partial charge in [0, 0.05) is 6.42 Å². The third-order valence-electron chi connectivity index (χ3n) is 1.88. The van der Waals surface area contributed by atoms with E-state index in [4.69, 9.17) is 0 Å². The fourth-order valence-electron chi connectivity index (χ4n) is 1.19. The Balaban J connectivity index is 2.30. The van der Waals surface area contributed by atoms with Crippen LogP contribution in [-0.2, 0) is 6.42 Å². The average molecular weight is 224 g/mol. The van der Waals surface area contributed by atoms with Gasteiger partial charge in [0.05, 0.1) is 0 Å². The zero-order valence-electron chi connectivity index (χ0n) is 8.54. The van der Waals surface area contributed by atoms with Gasteiger partial charge in [-0.05, 0) is 6.42 Å². The number of halogens is 1. The summed E-state index contributed by atoms with van der Waals surface area (Å²) in [6.07, 6.45) is 2.71. The van der Waals surface area contributed by atoms with Crippen LogP contribution >= 0.6 is 0 Å². The zero-order chi connectivity index (χ0) is 11.5. The van der Waals surface area contributed by atoms with Crippen LogP contribution in [0, 0.1) is 6.08 Å². The van der Waals surface area contributed by atoms with E-state index < -0.39 is 12.1 Å². The third-order valence-corrected chi connectivity index (χ3v) is 1.88. The van der Waals surface area contributed by atoms with Crippen LogP contribution in [0.15, 0.2) is 12.7 Å². The number of nitrogens with zero attached hydrogens (tertiary/aromatic N) is 6. The largest absolute Gasteiger partial charge is 0.374 e. The van der Waals surface area contributed by atoms with Crippen molar-refractivity contribution in [3.8, 4) is 0 Å². The first-order valence-corrected chi connectivity index (χ1v) is 4.73. The predicted molar refractivity (Wildman–Crippen MR) is 50.2 cm³/mol. The van der Waals surface area contributed by atoms with E-state index in [1.807, 2.05) is 6.92 Å². The van der Waals surface area contributed by atoms with Crippen LogP contribution in [0.25, 0.3) is 0 Å². The number of hydrogen-bond donors (Lipinski definition) is 0. The Bertz CT molecular complexity index is 491. The maximum Gasteiger partial charge on any atom is 0.374 e. The fourth-order valence-corrected chi connectivity index (χ4v) is 1.19. The lowest BCUT2D eigenvalue weighted by atomic mass is 10.3. The van der Waals surface area contributed by atoms with E-state index in [1.165, 1.54) is 12.7 Å². The Kier molecular flexibility index (Phi) is 2.71. The molecule has 2 aromatic rings. The van der Waals surface area contributed by atoms with Gasteiger partial charge in [-0.1, -0.05) is 6.92 Å². The van der Waals surface area contributed by atoms with Crippen LogP contribution in [0.5, 0.6) is 0 Å². The van der Waals surface area contributed by atoms with Crippen LogP contribution in [0.3, 0.4) is 0 Å². The van der Waals surface area contributed by atoms with Gasteiger partial charge in [0.15, 0.2) is 5.82 Å². The topological polar surface area (TPSA) is 78.5 Å². The predicted octanol–water partition coefficient (Wildman–Crippen LogP) is 0.478. The number of aryl methyl sites for hydroxylation is 1. The van der Waals surface area contributed by atoms with E-state index in [9.17, 15) is 9.18 Å². The van der Waals surface area contributed by atoms with E-state index in [-0.39, 0.29) is 0 Å². The van der Waals surface area contributed by atoms with Gasteiger partial charge in [0.25, 0.3) is 0 Å². The van der Waals surface area contributed by atoms with E-state index in [0.717, 1.165) is 11.1 Å². The molecule has 0 aliphatic heterocycles. The fraction of sp³-hybridized carbons (Fsp3) is 0.375. The first-order valence-electron chi connectivity index (χ1n) is 4.73. The van der Waals surface area contributed by atoms with Crippen molar-refractivity contribution in [2.45, 2.75) is 19.8 Å². The molecule has 0 atom stereocenters. The second kappa shape index (κ2) is 4.17. The van der Waals surface area contributed by atoms with Gasteiger partial charge >= 0.3 is 12.1 Å². The Morgan fingerprint density at radius 1 is 1.56 bits per heavy atom. The summed E-state index contributed by atoms with van der Waals surface area (Å²) in [5, 5.41) is 7.34. The van der Waals surface area contributed by atoms with Crippen molar-refractivity contribution in [3.05, 3.63) is 24.6 Å². The SMILES string of the molecule is CCCc1nc(F)n(C(=O)n2cncn2)n1. The van der Waals surface area contributed by atoms with Crippen molar-refractivity contribution >= 4 is 6.03 Å². The lowest BCUT2D eigenvalue weighted by Gasteiger charge is -1.97. The first-order chi connectivity index (χ1) is 7.72. The summed E-state index contributed by atoms with van der Waals surface area (Å²) in [6, 6.07) is -0.746. The first kappa shape index (κ1) is 10.4. The van der Waals surface area contributed by atoms with Crippen molar-refractivity contribution in [3.63, 3.8) is 0 Å². The summed E-state index contributed by atoms with van der Waals surface area (Å²) in [5.74, 6) is 0.300. The molecule has 0 amide bonds. The molecule has 84 valence electrons. The summed E-state index contributed by atoms with van der Waals surface area (Å²) < 4.78 is 14.7. The minimum atomic E-state index is -0.941. The summed E-state index contributed by atoms with van der Waals surface area (Å²) >= 11 is 0. The molecule has 0 bridgehead atoms. The average Bonchev–Trinajstić information content (AvgIpc) is 2.87. The highest BCUT2D eigenvalue weighted by Gasteiger charge is 2.17. The Hall–Kier alpha value is -2.12. The molecule has 0 saturated heterocycles. The number of carbonyl (C=O) groups is 1. The van der Waals surface area contributed by atoms with Gasteiger partial charge in [0.2, 0.25) is 0 Å². The maximum atomic E-state index is 13.3. The molecular formula is C8H9FN6O. The molecule has 2 aromatic heterocycles. The monoisotopic (exact) mass is 224 g/mol. The van der Waals surface area contributed by atoms with Crippen molar-refractivity contribution in [1.29, 1.82) is 0 Å². The van der Waals surface area contributed by atoms with Crippen LogP contribution in [0.1, 0.15) is 19.2 Å². The molecule has 0 radical (unpaired) electrons. The molecule has 0 aliphatic rings. The number of hydrogen-bond acceptors (Lipinski definition) is 5. The van der Waals surface area contributed by atoms with Crippen LogP contribution < -0.4 is 0 Å². The van der Waals surface area contributed by atoms with Gasteiger partial charge in [-0.15, -0.1) is 9.78 Å². The lowest BCUT2D eigenvalue weighted by Crippen LogP contribution is -2.22. The Labute approximate surface area is 89.9 Å². The molecule has 0 aromatic carbocycles. The second-order valence-electron chi connectivity index (χ2n) is 3.08. The van der Waals surface area contributed by atoms with Crippen molar-refractivity contribution in [2.75, 3.05) is 0 Å². The molecule has 16 heavy (non-hydrogen) atoms. The minimum Gasteiger partial charge on any atom is -0.243 e. The zero-order valence-corrected chi connectivity index (χ0v) is 8.54. The number of aromatic nitrogens is 6. The van der Waals surface area contributed by atoms with Gasteiger partial charge < -0.3 is 0 Å². The van der Waals surface area contributed by atoms with E-state index in [0.29, 0.717) is 16.9 Å². The molecule has 0 aliphatic carbocycles. The maximum absolute atomic E-state index is 13.3. The van der Waals surface area contributed by atoms with Crippen LogP contribution in [0.4, 0.5) is 9.18 Å². The van der Waals surface area contributed by atoms with E-state index in [2.05, 4.69) is 20.2 Å². The highest BCUT2D eigenvalue weighted by molar-refractivity contribution is 5.76. The Morgan fingerprint density at radius 3 is 3.00 bits per heavy atom. The molecule has 2 heterocycles. The normalized spacial score (nSPS) is 10.6. The summed E-state index contributed by atoms with van der Waals surface area (Å²) in [4.78, 5) is 18.7. The van der Waals surface area contributed by atoms with Crippen molar-refractivity contribution in [2.24, 2.45) is 0 Å². The minimum absolute atomic E-state index is 0.300. The molecular weight excluding hydrogens is 215 g/mol. The van der Waals surface area contributed by atoms with Crippen molar-refractivity contribution in [1.82, 2.24) is 29.5 Å². The smallest absolute Gasteiger partial charge is 0.243 e. The molecule has 0 spiro atoms. The summed E-state index contributed by atoms with van der Waals surface area (Å²) in [7, 11) is 0. The number of rotatable bonds is 2. The Morgan fingerprint density at radius 2 is 2.38 bits per heavy atom. The molecule has 8 heteroatoms. The molecule has 0 fully saturated rings. The van der Waals surface area contributed by atoms with Gasteiger partial charge in [-0.2, -0.15) is 19.2 Å². The molecule has 0 unspecified atom stereocenters. The molecule has 0 N–H and O–H groups in total. The second-order valence-corrected chi connectivity index (χ2v) is 3.08. The molecule has 7 nitrogen and oxygen atoms in total. The van der Waals surface area contributed by atoms with Gasteiger partial charge in [0.1, 0.15) is 12.7 Å². The summed E-state index contributed by atoms with van der Waals surface area (Å²) in [5.41, 5.74) is 0. The molecule has 0 saturated carbocycles. The molecule has 2 rings (SSSR count). The van der Waals surface area contributed by atoms with Gasteiger partial charge in [-0.25, -0.2) is 9.78 Å². The van der Waals surface area contributed by atoms with Crippen LogP contribution in [0.2, 0.25) is 0 Å². The number of carbonyl (C=O) groups excluding carboxylic acids is 1. The summed E-state index contributed by atoms with van der Waals surface area (Å²) in [6.45, 7) is 1.91. The highest BCUT2D eigenvalue weighted by atomic mass is 19.1. The third kappa shape index (κ3) is 1.81. The van der Waals surface area contributed by atoms with E-state index in [1.54, 1.807) is 0 Å². The van der Waals surface area contributed by atoms with Gasteiger partial charge in [-0.3, -0.25) is 0 Å². The highest BCUT2D eigenvalue weighted by Crippen LogP contribution is 2.00. The lowest BCUT2D eigenvalue weighted by molar-refractivity contribution is 0.233. The van der Waals surface area contributed by atoms with E-state index >= 15 is 0 Å². The standard InChI is InChI=1S/C8H9FN6O/c1-2-3-6-12-7(9)15(13-6)8(16)14-5-10-4-11-14/h4-5H,2-3H2,1H3. The van der Waals surface area contributed by atoms with Crippen LogP contribution in [-0.4, -0.2) is 35.6 Å². The quantitative estimate of drug-likeness (QED) is 0.741. The van der Waals surface area contributed by atoms with Crippen molar-refractivity contribution < 1.29 is 9.18 Å².